The highest BCUT2D eigenvalue weighted by Crippen LogP contribution is 2.27. The second-order valence-corrected chi connectivity index (χ2v) is 5.91. The van der Waals surface area contributed by atoms with Crippen LogP contribution in [-0.2, 0) is 0 Å². The Balaban J connectivity index is 1.67. The molecule has 2 nitrogen and oxygen atoms in total. The second kappa shape index (κ2) is 5.59. The van der Waals surface area contributed by atoms with Crippen LogP contribution in [0.5, 0.6) is 0 Å². The van der Waals surface area contributed by atoms with Crippen LogP contribution in [0.4, 0.5) is 4.39 Å². The first kappa shape index (κ1) is 13.1. The molecule has 1 aromatic rings. The second-order valence-electron chi connectivity index (χ2n) is 5.91. The van der Waals surface area contributed by atoms with E-state index >= 15 is 0 Å². The first-order valence-electron chi connectivity index (χ1n) is 7.47. The monoisotopic (exact) mass is 262 g/mol. The maximum atomic E-state index is 13.0. The molecule has 2 fully saturated rings. The van der Waals surface area contributed by atoms with E-state index in [-0.39, 0.29) is 5.82 Å². The van der Waals surface area contributed by atoms with Crippen molar-refractivity contribution in [3.8, 4) is 0 Å². The topological polar surface area (TPSA) is 6.48 Å². The van der Waals surface area contributed by atoms with Gasteiger partial charge in [0.1, 0.15) is 5.82 Å². The molecule has 3 heteroatoms. The number of halogens is 1. The van der Waals surface area contributed by atoms with E-state index < -0.39 is 0 Å². The van der Waals surface area contributed by atoms with Crippen molar-refractivity contribution in [1.29, 1.82) is 0 Å². The lowest BCUT2D eigenvalue weighted by molar-refractivity contribution is 0.0307. The summed E-state index contributed by atoms with van der Waals surface area (Å²) in [6.45, 7) is 7.01. The van der Waals surface area contributed by atoms with Crippen molar-refractivity contribution >= 4 is 0 Å². The lowest BCUT2D eigenvalue weighted by Crippen LogP contribution is -2.55. The smallest absolute Gasteiger partial charge is 0.123 e. The zero-order valence-corrected chi connectivity index (χ0v) is 11.7. The van der Waals surface area contributed by atoms with E-state index in [0.717, 1.165) is 12.6 Å². The van der Waals surface area contributed by atoms with E-state index in [2.05, 4.69) is 16.7 Å². The molecule has 0 saturated carbocycles. The van der Waals surface area contributed by atoms with Gasteiger partial charge in [0.2, 0.25) is 0 Å². The number of nitrogens with zero attached hydrogens (tertiary/aromatic N) is 2. The van der Waals surface area contributed by atoms with Crippen LogP contribution in [0.2, 0.25) is 0 Å². The Bertz CT molecular complexity index is 417. The lowest BCUT2D eigenvalue weighted by Gasteiger charge is -2.46. The molecule has 0 amide bonds. The van der Waals surface area contributed by atoms with Crippen LogP contribution in [0.3, 0.4) is 0 Å². The maximum Gasteiger partial charge on any atom is 0.123 e. The first-order valence-corrected chi connectivity index (χ1v) is 7.47. The Morgan fingerprint density at radius 2 is 1.89 bits per heavy atom. The summed E-state index contributed by atoms with van der Waals surface area (Å²) in [6.07, 6.45) is 4.08. The lowest BCUT2D eigenvalue weighted by atomic mass is 9.97. The predicted octanol–water partition coefficient (Wildman–Crippen LogP) is 3.06. The quantitative estimate of drug-likeness (QED) is 0.808. The molecule has 2 unspecified atom stereocenters. The fourth-order valence-electron chi connectivity index (χ4n) is 3.48. The summed E-state index contributed by atoms with van der Waals surface area (Å²) >= 11 is 0. The minimum Gasteiger partial charge on any atom is -0.298 e. The third kappa shape index (κ3) is 2.82. The Morgan fingerprint density at radius 3 is 2.68 bits per heavy atom. The van der Waals surface area contributed by atoms with Crippen molar-refractivity contribution < 1.29 is 4.39 Å². The summed E-state index contributed by atoms with van der Waals surface area (Å²) in [5, 5.41) is 0. The highest BCUT2D eigenvalue weighted by atomic mass is 19.1. The number of hydrogen-bond acceptors (Lipinski definition) is 2. The molecule has 2 aliphatic rings. The third-order valence-corrected chi connectivity index (χ3v) is 4.77. The summed E-state index contributed by atoms with van der Waals surface area (Å²) in [7, 11) is 0. The van der Waals surface area contributed by atoms with E-state index in [1.165, 1.54) is 44.5 Å². The number of hydrogen-bond donors (Lipinski definition) is 0. The van der Waals surface area contributed by atoms with Crippen LogP contribution < -0.4 is 0 Å². The molecular formula is C16H23FN2. The first-order chi connectivity index (χ1) is 9.24. The molecule has 0 N–H and O–H groups in total. The maximum absolute atomic E-state index is 13.0. The van der Waals surface area contributed by atoms with Crippen molar-refractivity contribution in [2.75, 3.05) is 26.2 Å². The van der Waals surface area contributed by atoms with Gasteiger partial charge in [0, 0.05) is 31.7 Å². The van der Waals surface area contributed by atoms with Gasteiger partial charge in [-0.25, -0.2) is 4.39 Å². The SMILES string of the molecule is CC(c1ccc(F)cc1)N1CCN2CCCCC2C1. The van der Waals surface area contributed by atoms with E-state index in [4.69, 9.17) is 0 Å². The van der Waals surface area contributed by atoms with Crippen LogP contribution in [0, 0.1) is 5.82 Å². The Hall–Kier alpha value is -0.930. The average Bonchev–Trinajstić information content (AvgIpc) is 2.47. The van der Waals surface area contributed by atoms with E-state index in [9.17, 15) is 4.39 Å². The van der Waals surface area contributed by atoms with Gasteiger partial charge < -0.3 is 0 Å². The minimum absolute atomic E-state index is 0.145. The highest BCUT2D eigenvalue weighted by Gasteiger charge is 2.30. The van der Waals surface area contributed by atoms with E-state index in [0.29, 0.717) is 6.04 Å². The third-order valence-electron chi connectivity index (χ3n) is 4.77. The molecular weight excluding hydrogens is 239 g/mol. The molecule has 2 atom stereocenters. The Labute approximate surface area is 115 Å². The summed E-state index contributed by atoms with van der Waals surface area (Å²) in [6, 6.07) is 8.13. The van der Waals surface area contributed by atoms with Crippen LogP contribution >= 0.6 is 0 Å². The zero-order chi connectivity index (χ0) is 13.2. The standard InChI is InChI=1S/C16H23FN2/c1-13(14-5-7-15(17)8-6-14)19-11-10-18-9-3-2-4-16(18)12-19/h5-8,13,16H,2-4,9-12H2,1H3. The van der Waals surface area contributed by atoms with Crippen molar-refractivity contribution in [2.24, 2.45) is 0 Å². The molecule has 19 heavy (non-hydrogen) atoms. The van der Waals surface area contributed by atoms with Crippen LogP contribution in [-0.4, -0.2) is 42.0 Å². The predicted molar refractivity (Wildman–Crippen MR) is 75.6 cm³/mol. The molecule has 2 aliphatic heterocycles. The highest BCUT2D eigenvalue weighted by molar-refractivity contribution is 5.19. The normalized spacial score (nSPS) is 26.9. The fraction of sp³-hybridized carbons (Fsp3) is 0.625. The van der Waals surface area contributed by atoms with Gasteiger partial charge >= 0.3 is 0 Å². The van der Waals surface area contributed by atoms with Crippen LogP contribution in [0.15, 0.2) is 24.3 Å². The van der Waals surface area contributed by atoms with Crippen molar-refractivity contribution in [1.82, 2.24) is 9.80 Å². The average molecular weight is 262 g/mol. The summed E-state index contributed by atoms with van der Waals surface area (Å²) in [5.41, 5.74) is 1.23. The van der Waals surface area contributed by atoms with Crippen molar-refractivity contribution in [2.45, 2.75) is 38.3 Å². The Kier molecular flexibility index (Phi) is 3.85. The van der Waals surface area contributed by atoms with Crippen molar-refractivity contribution in [3.05, 3.63) is 35.6 Å². The molecule has 104 valence electrons. The number of piperidine rings is 1. The minimum atomic E-state index is -0.145. The summed E-state index contributed by atoms with van der Waals surface area (Å²) < 4.78 is 13.0. The number of benzene rings is 1. The number of rotatable bonds is 2. The number of piperazine rings is 1. The van der Waals surface area contributed by atoms with Gasteiger partial charge in [-0.3, -0.25) is 9.80 Å². The van der Waals surface area contributed by atoms with Gasteiger partial charge in [-0.2, -0.15) is 0 Å². The molecule has 0 radical (unpaired) electrons. The molecule has 0 spiro atoms. The van der Waals surface area contributed by atoms with Gasteiger partial charge in [-0.05, 0) is 44.0 Å². The van der Waals surface area contributed by atoms with E-state index in [1.807, 2.05) is 12.1 Å². The van der Waals surface area contributed by atoms with Gasteiger partial charge in [0.25, 0.3) is 0 Å². The van der Waals surface area contributed by atoms with E-state index in [1.54, 1.807) is 12.1 Å². The van der Waals surface area contributed by atoms with Crippen molar-refractivity contribution in [3.63, 3.8) is 0 Å². The van der Waals surface area contributed by atoms with Crippen LogP contribution in [0.25, 0.3) is 0 Å². The zero-order valence-electron chi connectivity index (χ0n) is 11.7. The van der Waals surface area contributed by atoms with Crippen LogP contribution in [0.1, 0.15) is 37.8 Å². The summed E-state index contributed by atoms with van der Waals surface area (Å²) in [5.74, 6) is -0.145. The number of fused-ring (bicyclic) bond motifs is 1. The largest absolute Gasteiger partial charge is 0.298 e. The molecule has 0 aromatic heterocycles. The molecule has 0 bridgehead atoms. The Morgan fingerprint density at radius 1 is 1.11 bits per heavy atom. The summed E-state index contributed by atoms with van der Waals surface area (Å²) in [4.78, 5) is 5.21. The molecule has 1 aromatic carbocycles. The van der Waals surface area contributed by atoms with Gasteiger partial charge in [-0.15, -0.1) is 0 Å². The van der Waals surface area contributed by atoms with Gasteiger partial charge in [-0.1, -0.05) is 18.6 Å². The molecule has 0 aliphatic carbocycles. The molecule has 2 saturated heterocycles. The van der Waals surface area contributed by atoms with Gasteiger partial charge in [0.15, 0.2) is 0 Å². The van der Waals surface area contributed by atoms with Gasteiger partial charge in [0.05, 0.1) is 0 Å². The molecule has 3 rings (SSSR count). The fourth-order valence-corrected chi connectivity index (χ4v) is 3.48. The molecule has 2 heterocycles.